The molecule has 0 spiro atoms. The van der Waals surface area contributed by atoms with E-state index in [0.717, 1.165) is 0 Å². The molecule has 1 aromatic rings. The van der Waals surface area contributed by atoms with Crippen molar-refractivity contribution >= 4 is 0 Å². The molecule has 0 amide bonds. The van der Waals surface area contributed by atoms with Crippen molar-refractivity contribution in [2.45, 2.75) is 26.3 Å². The Bertz CT molecular complexity index is 578. The molecule has 0 saturated heterocycles. The molecular weight excluding hydrogens is 194 g/mol. The molecule has 0 saturated carbocycles. The molecule has 0 bridgehead atoms. The molecular formula is C10H13N3O2. The summed E-state index contributed by atoms with van der Waals surface area (Å²) in [6.07, 6.45) is 0. The van der Waals surface area contributed by atoms with E-state index in [1.165, 1.54) is 10.6 Å². The summed E-state index contributed by atoms with van der Waals surface area (Å²) < 4.78 is 1.33. The Morgan fingerprint density at radius 1 is 1.40 bits per heavy atom. The summed E-state index contributed by atoms with van der Waals surface area (Å²) in [5.41, 5.74) is -0.743. The van der Waals surface area contributed by atoms with Gasteiger partial charge < -0.3 is 5.11 Å². The van der Waals surface area contributed by atoms with Crippen molar-refractivity contribution in [3.63, 3.8) is 0 Å². The molecule has 0 radical (unpaired) electrons. The predicted molar refractivity (Wildman–Crippen MR) is 54.5 cm³/mol. The molecule has 5 nitrogen and oxygen atoms in total. The third-order valence-corrected chi connectivity index (χ3v) is 2.28. The quantitative estimate of drug-likeness (QED) is 0.624. The van der Waals surface area contributed by atoms with E-state index in [0.29, 0.717) is 10.7 Å². The van der Waals surface area contributed by atoms with E-state index in [1.807, 2.05) is 20.8 Å². The minimum Gasteiger partial charge on any atom is -0.494 e. The highest BCUT2D eigenvalue weighted by Gasteiger charge is 2.20. The van der Waals surface area contributed by atoms with Gasteiger partial charge >= 0.3 is 0 Å². The first-order valence-corrected chi connectivity index (χ1v) is 4.76. The highest BCUT2D eigenvalue weighted by Crippen LogP contribution is 2.16. The summed E-state index contributed by atoms with van der Waals surface area (Å²) in [5, 5.41) is 10.6. The van der Waals surface area contributed by atoms with Crippen molar-refractivity contribution in [1.29, 1.82) is 0 Å². The van der Waals surface area contributed by atoms with Crippen LogP contribution in [0.2, 0.25) is 0 Å². The molecule has 15 heavy (non-hydrogen) atoms. The van der Waals surface area contributed by atoms with Gasteiger partial charge in [-0.25, -0.2) is 0 Å². The fourth-order valence-corrected chi connectivity index (χ4v) is 1.67. The SMILES string of the molecule is CC(C)(C)n1c(O)cc2c(c1=O)=NCN=2. The molecule has 1 aliphatic rings. The Hall–Kier alpha value is -1.65. The molecule has 0 unspecified atom stereocenters. The van der Waals surface area contributed by atoms with E-state index in [1.54, 1.807) is 0 Å². The predicted octanol–water partition coefficient (Wildman–Crippen LogP) is -0.481. The third kappa shape index (κ3) is 1.44. The van der Waals surface area contributed by atoms with Crippen molar-refractivity contribution in [2.24, 2.45) is 9.98 Å². The van der Waals surface area contributed by atoms with E-state index in [4.69, 9.17) is 0 Å². The lowest BCUT2D eigenvalue weighted by atomic mass is 10.1. The zero-order valence-corrected chi connectivity index (χ0v) is 8.98. The summed E-state index contributed by atoms with van der Waals surface area (Å²) in [7, 11) is 0. The molecule has 0 fully saturated rings. The molecule has 1 N–H and O–H groups in total. The standard InChI is InChI=1S/C10H13N3O2/c1-10(2,3)13-7(14)4-6-8(9(13)15)12-5-11-6/h4,14H,5H2,1-3H3. The summed E-state index contributed by atoms with van der Waals surface area (Å²) in [5.74, 6) is -0.0629. The van der Waals surface area contributed by atoms with Gasteiger partial charge in [0.25, 0.3) is 5.56 Å². The molecule has 0 atom stereocenters. The van der Waals surface area contributed by atoms with Crippen LogP contribution in [0.1, 0.15) is 20.8 Å². The maximum absolute atomic E-state index is 12.0. The van der Waals surface area contributed by atoms with Gasteiger partial charge in [0.1, 0.15) is 6.67 Å². The van der Waals surface area contributed by atoms with Crippen LogP contribution in [0.5, 0.6) is 5.88 Å². The van der Waals surface area contributed by atoms with E-state index in [2.05, 4.69) is 9.98 Å². The maximum Gasteiger partial charge on any atom is 0.281 e. The largest absolute Gasteiger partial charge is 0.494 e. The number of hydrogen-bond acceptors (Lipinski definition) is 4. The van der Waals surface area contributed by atoms with Gasteiger partial charge in [0, 0.05) is 11.6 Å². The van der Waals surface area contributed by atoms with Gasteiger partial charge in [-0.1, -0.05) is 0 Å². The van der Waals surface area contributed by atoms with Crippen LogP contribution in [-0.2, 0) is 5.54 Å². The highest BCUT2D eigenvalue weighted by molar-refractivity contribution is 5.14. The number of pyridine rings is 1. The number of hydrogen-bond donors (Lipinski definition) is 1. The van der Waals surface area contributed by atoms with Crippen LogP contribution < -0.4 is 16.3 Å². The zero-order valence-electron chi connectivity index (χ0n) is 8.98. The highest BCUT2D eigenvalue weighted by atomic mass is 16.3. The van der Waals surface area contributed by atoms with Crippen LogP contribution in [0.4, 0.5) is 0 Å². The lowest BCUT2D eigenvalue weighted by molar-refractivity contribution is 0.310. The number of rotatable bonds is 0. The van der Waals surface area contributed by atoms with Gasteiger partial charge in [-0.3, -0.25) is 19.3 Å². The smallest absolute Gasteiger partial charge is 0.281 e. The fourth-order valence-electron chi connectivity index (χ4n) is 1.67. The van der Waals surface area contributed by atoms with Crippen LogP contribution in [0.3, 0.4) is 0 Å². The number of fused-ring (bicyclic) bond motifs is 1. The number of aromatic nitrogens is 1. The maximum atomic E-state index is 12.0. The second-order valence-corrected chi connectivity index (χ2v) is 4.51. The first kappa shape index (κ1) is 9.89. The summed E-state index contributed by atoms with van der Waals surface area (Å²) >= 11 is 0. The Morgan fingerprint density at radius 2 is 2.07 bits per heavy atom. The van der Waals surface area contributed by atoms with Gasteiger partial charge in [-0.15, -0.1) is 0 Å². The van der Waals surface area contributed by atoms with E-state index >= 15 is 0 Å². The van der Waals surface area contributed by atoms with Crippen molar-refractivity contribution < 1.29 is 5.11 Å². The normalized spacial score (nSPS) is 14.3. The van der Waals surface area contributed by atoms with Crippen LogP contribution in [0, 0.1) is 0 Å². The number of nitrogens with zero attached hydrogens (tertiary/aromatic N) is 3. The summed E-state index contributed by atoms with van der Waals surface area (Å²) in [6, 6.07) is 1.48. The van der Waals surface area contributed by atoms with Crippen molar-refractivity contribution in [3.8, 4) is 5.88 Å². The van der Waals surface area contributed by atoms with Crippen molar-refractivity contribution in [2.75, 3.05) is 6.67 Å². The van der Waals surface area contributed by atoms with E-state index in [-0.39, 0.29) is 18.1 Å². The van der Waals surface area contributed by atoms with Gasteiger partial charge in [-0.2, -0.15) is 0 Å². The Balaban J connectivity index is 2.93. The second-order valence-electron chi connectivity index (χ2n) is 4.51. The van der Waals surface area contributed by atoms with Crippen LogP contribution in [0.15, 0.2) is 20.8 Å². The average Bonchev–Trinajstić information content (AvgIpc) is 2.48. The lowest BCUT2D eigenvalue weighted by Gasteiger charge is -2.22. The van der Waals surface area contributed by atoms with Crippen LogP contribution >= 0.6 is 0 Å². The first-order valence-electron chi connectivity index (χ1n) is 4.76. The minimum atomic E-state index is -0.464. The average molecular weight is 207 g/mol. The summed E-state index contributed by atoms with van der Waals surface area (Å²) in [6.45, 7) is 5.84. The van der Waals surface area contributed by atoms with Crippen molar-refractivity contribution in [3.05, 3.63) is 27.1 Å². The topological polar surface area (TPSA) is 67.0 Å². The molecule has 5 heteroatoms. The van der Waals surface area contributed by atoms with Gasteiger partial charge in [0.05, 0.1) is 5.36 Å². The molecule has 1 aliphatic heterocycles. The Kier molecular flexibility index (Phi) is 1.92. The van der Waals surface area contributed by atoms with E-state index < -0.39 is 5.54 Å². The monoisotopic (exact) mass is 207 g/mol. The lowest BCUT2D eigenvalue weighted by Crippen LogP contribution is -2.47. The first-order chi connectivity index (χ1) is 6.91. The minimum absolute atomic E-state index is 0.0629. The fraction of sp³-hybridized carbons (Fsp3) is 0.500. The molecule has 1 aromatic heterocycles. The van der Waals surface area contributed by atoms with E-state index in [9.17, 15) is 9.90 Å². The number of aromatic hydroxyl groups is 1. The molecule has 2 heterocycles. The summed E-state index contributed by atoms with van der Waals surface area (Å²) in [4.78, 5) is 20.0. The van der Waals surface area contributed by atoms with Crippen LogP contribution in [0.25, 0.3) is 0 Å². The Morgan fingerprint density at radius 3 is 2.67 bits per heavy atom. The van der Waals surface area contributed by atoms with Crippen molar-refractivity contribution in [1.82, 2.24) is 4.57 Å². The van der Waals surface area contributed by atoms with Gasteiger partial charge in [0.15, 0.2) is 11.2 Å². The second kappa shape index (κ2) is 2.92. The Labute approximate surface area is 86.4 Å². The third-order valence-electron chi connectivity index (χ3n) is 2.28. The van der Waals surface area contributed by atoms with Gasteiger partial charge in [-0.05, 0) is 20.8 Å². The molecule has 0 aliphatic carbocycles. The van der Waals surface area contributed by atoms with Gasteiger partial charge in [0.2, 0.25) is 0 Å². The zero-order chi connectivity index (χ0) is 11.2. The molecule has 80 valence electrons. The molecule has 2 rings (SSSR count). The molecule has 0 aromatic carbocycles. The van der Waals surface area contributed by atoms with Crippen LogP contribution in [-0.4, -0.2) is 16.3 Å².